The van der Waals surface area contributed by atoms with E-state index in [2.05, 4.69) is 40.5 Å². The molecule has 0 aromatic heterocycles. The fraction of sp³-hybridized carbons (Fsp3) is 0.435. The lowest BCUT2D eigenvalue weighted by molar-refractivity contribution is 0.168. The summed E-state index contributed by atoms with van der Waals surface area (Å²) in [6.07, 6.45) is 2.27. The van der Waals surface area contributed by atoms with Gasteiger partial charge in [0.05, 0.1) is 6.54 Å². The quantitative estimate of drug-likeness (QED) is 0.760. The van der Waals surface area contributed by atoms with Gasteiger partial charge in [-0.05, 0) is 49.5 Å². The molecule has 28 heavy (non-hydrogen) atoms. The Morgan fingerprint density at radius 1 is 1.07 bits per heavy atom. The number of ether oxygens (including phenoxy) is 1. The molecule has 1 aliphatic heterocycles. The van der Waals surface area contributed by atoms with Crippen molar-refractivity contribution in [3.8, 4) is 5.75 Å². The molecule has 0 bridgehead atoms. The summed E-state index contributed by atoms with van der Waals surface area (Å²) in [5, 5.41) is 3.08. The monoisotopic (exact) mass is 381 g/mol. The van der Waals surface area contributed by atoms with Gasteiger partial charge in [-0.25, -0.2) is 4.79 Å². The molecular weight excluding hydrogens is 350 g/mol. The van der Waals surface area contributed by atoms with Gasteiger partial charge < -0.3 is 15.0 Å². The number of likely N-dealkylation sites (tertiary alicyclic amines) is 1. The lowest BCUT2D eigenvalue weighted by atomic mass is 9.96. The Kier molecular flexibility index (Phi) is 7.73. The zero-order valence-corrected chi connectivity index (χ0v) is 16.7. The molecule has 1 aliphatic rings. The largest absolute Gasteiger partial charge is 0.492 e. The minimum absolute atomic E-state index is 0.0247. The number of nitrogens with one attached hydrogen (secondary N) is 1. The third kappa shape index (κ3) is 6.57. The molecule has 0 unspecified atom stereocenters. The Morgan fingerprint density at radius 2 is 1.71 bits per heavy atom. The summed E-state index contributed by atoms with van der Waals surface area (Å²) < 4.78 is 5.65. The number of para-hydroxylation sites is 1. The standard InChI is InChI=1S/C23H31N3O2/c1-25(16-17-28-22-10-6-3-7-11-22)23(27)24-18-20-12-14-26(15-13-20)19-21-8-4-2-5-9-21/h2-11,20H,12-19H2,1H3,(H,24,27). The van der Waals surface area contributed by atoms with E-state index in [0.29, 0.717) is 19.1 Å². The minimum Gasteiger partial charge on any atom is -0.492 e. The molecule has 3 rings (SSSR count). The van der Waals surface area contributed by atoms with Gasteiger partial charge in [0, 0.05) is 20.1 Å². The Balaban J connectivity index is 1.29. The maximum absolute atomic E-state index is 12.3. The average Bonchev–Trinajstić information content (AvgIpc) is 2.74. The second-order valence-electron chi connectivity index (χ2n) is 7.47. The maximum atomic E-state index is 12.3. The number of amides is 2. The molecule has 1 heterocycles. The third-order valence-corrected chi connectivity index (χ3v) is 5.28. The molecule has 2 aromatic carbocycles. The van der Waals surface area contributed by atoms with E-state index in [1.54, 1.807) is 4.90 Å². The van der Waals surface area contributed by atoms with Crippen LogP contribution in [-0.4, -0.2) is 55.7 Å². The zero-order chi connectivity index (χ0) is 19.6. The lowest BCUT2D eigenvalue weighted by Gasteiger charge is -2.32. The second-order valence-corrected chi connectivity index (χ2v) is 7.47. The van der Waals surface area contributed by atoms with Crippen molar-refractivity contribution < 1.29 is 9.53 Å². The number of rotatable bonds is 8. The summed E-state index contributed by atoms with van der Waals surface area (Å²) in [5.74, 6) is 1.39. The summed E-state index contributed by atoms with van der Waals surface area (Å²) in [4.78, 5) is 16.5. The first kappa shape index (κ1) is 20.2. The molecule has 0 atom stereocenters. The number of likely N-dealkylation sites (N-methyl/N-ethyl adjacent to an activating group) is 1. The van der Waals surface area contributed by atoms with E-state index in [9.17, 15) is 4.79 Å². The van der Waals surface area contributed by atoms with Gasteiger partial charge in [-0.1, -0.05) is 48.5 Å². The van der Waals surface area contributed by atoms with E-state index in [0.717, 1.165) is 44.8 Å². The van der Waals surface area contributed by atoms with Crippen LogP contribution in [0.4, 0.5) is 4.79 Å². The molecule has 0 radical (unpaired) electrons. The van der Waals surface area contributed by atoms with E-state index >= 15 is 0 Å². The van der Waals surface area contributed by atoms with Crippen molar-refractivity contribution in [3.05, 3.63) is 66.2 Å². The highest BCUT2D eigenvalue weighted by Crippen LogP contribution is 2.18. The molecule has 1 saturated heterocycles. The van der Waals surface area contributed by atoms with Gasteiger partial charge in [0.25, 0.3) is 0 Å². The van der Waals surface area contributed by atoms with Gasteiger partial charge in [0.1, 0.15) is 12.4 Å². The van der Waals surface area contributed by atoms with Crippen LogP contribution in [0.2, 0.25) is 0 Å². The fourth-order valence-electron chi connectivity index (χ4n) is 3.48. The lowest BCUT2D eigenvalue weighted by Crippen LogP contribution is -2.43. The van der Waals surface area contributed by atoms with Crippen LogP contribution in [0, 0.1) is 5.92 Å². The average molecular weight is 382 g/mol. The summed E-state index contributed by atoms with van der Waals surface area (Å²) >= 11 is 0. The van der Waals surface area contributed by atoms with Gasteiger partial charge in [-0.3, -0.25) is 4.90 Å². The van der Waals surface area contributed by atoms with Crippen LogP contribution in [0.1, 0.15) is 18.4 Å². The Bertz CT molecular complexity index is 700. The SMILES string of the molecule is CN(CCOc1ccccc1)C(=O)NCC1CCN(Cc2ccccc2)CC1. The Morgan fingerprint density at radius 3 is 2.39 bits per heavy atom. The van der Waals surface area contributed by atoms with Crippen molar-refractivity contribution in [1.82, 2.24) is 15.1 Å². The predicted octanol–water partition coefficient (Wildman–Crippen LogP) is 3.62. The Labute approximate surface area is 168 Å². The molecule has 5 nitrogen and oxygen atoms in total. The van der Waals surface area contributed by atoms with E-state index in [1.807, 2.05) is 37.4 Å². The highest BCUT2D eigenvalue weighted by Gasteiger charge is 2.20. The van der Waals surface area contributed by atoms with Crippen LogP contribution in [-0.2, 0) is 6.54 Å². The van der Waals surface area contributed by atoms with Crippen molar-refractivity contribution in [2.24, 2.45) is 5.92 Å². The zero-order valence-electron chi connectivity index (χ0n) is 16.7. The first-order chi connectivity index (χ1) is 13.7. The maximum Gasteiger partial charge on any atom is 0.317 e. The van der Waals surface area contributed by atoms with Gasteiger partial charge in [-0.15, -0.1) is 0 Å². The molecule has 0 saturated carbocycles. The second kappa shape index (κ2) is 10.7. The van der Waals surface area contributed by atoms with Gasteiger partial charge in [0.15, 0.2) is 0 Å². The van der Waals surface area contributed by atoms with Crippen LogP contribution >= 0.6 is 0 Å². The van der Waals surface area contributed by atoms with Crippen molar-refractivity contribution in [3.63, 3.8) is 0 Å². The van der Waals surface area contributed by atoms with Gasteiger partial charge in [-0.2, -0.15) is 0 Å². The van der Waals surface area contributed by atoms with Crippen molar-refractivity contribution in [2.75, 3.05) is 39.8 Å². The van der Waals surface area contributed by atoms with E-state index in [-0.39, 0.29) is 6.03 Å². The van der Waals surface area contributed by atoms with E-state index in [4.69, 9.17) is 4.74 Å². The molecular formula is C23H31N3O2. The van der Waals surface area contributed by atoms with Gasteiger partial charge in [0.2, 0.25) is 0 Å². The normalized spacial score (nSPS) is 15.2. The molecule has 1 fully saturated rings. The molecule has 1 N–H and O–H groups in total. The summed E-state index contributed by atoms with van der Waals surface area (Å²) in [6.45, 7) is 5.01. The molecule has 2 amide bonds. The van der Waals surface area contributed by atoms with Gasteiger partial charge >= 0.3 is 6.03 Å². The first-order valence-corrected chi connectivity index (χ1v) is 10.1. The number of hydrogen-bond acceptors (Lipinski definition) is 3. The number of hydrogen-bond donors (Lipinski definition) is 1. The molecule has 0 aliphatic carbocycles. The first-order valence-electron chi connectivity index (χ1n) is 10.1. The van der Waals surface area contributed by atoms with Crippen LogP contribution in [0.25, 0.3) is 0 Å². The number of piperidine rings is 1. The minimum atomic E-state index is -0.0247. The number of carbonyl (C=O) groups is 1. The predicted molar refractivity (Wildman–Crippen MR) is 112 cm³/mol. The molecule has 5 heteroatoms. The summed E-state index contributed by atoms with van der Waals surface area (Å²) in [6, 6.07) is 20.3. The van der Waals surface area contributed by atoms with Crippen molar-refractivity contribution in [1.29, 1.82) is 0 Å². The summed E-state index contributed by atoms with van der Waals surface area (Å²) in [5.41, 5.74) is 1.37. The number of carbonyl (C=O) groups excluding carboxylic acids is 1. The third-order valence-electron chi connectivity index (χ3n) is 5.28. The van der Waals surface area contributed by atoms with Crippen LogP contribution < -0.4 is 10.1 Å². The molecule has 2 aromatic rings. The highest BCUT2D eigenvalue weighted by atomic mass is 16.5. The van der Waals surface area contributed by atoms with E-state index < -0.39 is 0 Å². The van der Waals surface area contributed by atoms with Crippen LogP contribution in [0.5, 0.6) is 5.75 Å². The number of urea groups is 1. The van der Waals surface area contributed by atoms with Crippen molar-refractivity contribution in [2.45, 2.75) is 19.4 Å². The summed E-state index contributed by atoms with van der Waals surface area (Å²) in [7, 11) is 1.81. The number of nitrogens with zero attached hydrogens (tertiary/aromatic N) is 2. The number of benzene rings is 2. The van der Waals surface area contributed by atoms with Crippen LogP contribution in [0.15, 0.2) is 60.7 Å². The van der Waals surface area contributed by atoms with E-state index in [1.165, 1.54) is 5.56 Å². The highest BCUT2D eigenvalue weighted by molar-refractivity contribution is 5.73. The molecule has 0 spiro atoms. The Hall–Kier alpha value is -2.53. The molecule has 150 valence electrons. The topological polar surface area (TPSA) is 44.8 Å². The fourth-order valence-corrected chi connectivity index (χ4v) is 3.48. The smallest absolute Gasteiger partial charge is 0.317 e. The van der Waals surface area contributed by atoms with Crippen molar-refractivity contribution >= 4 is 6.03 Å². The van der Waals surface area contributed by atoms with Crippen LogP contribution in [0.3, 0.4) is 0 Å².